The van der Waals surface area contributed by atoms with Crippen LogP contribution in [0.4, 0.5) is 0 Å². The Bertz CT molecular complexity index is 594. The Morgan fingerprint density at radius 1 is 1.27 bits per heavy atom. The first-order chi connectivity index (χ1) is 10.7. The van der Waals surface area contributed by atoms with Crippen molar-refractivity contribution in [2.45, 2.75) is 38.1 Å². The molecule has 1 aromatic carbocycles. The normalized spacial score (nSPS) is 21.0. The molecule has 1 aromatic heterocycles. The maximum absolute atomic E-state index is 12.5. The van der Waals surface area contributed by atoms with Gasteiger partial charge >= 0.3 is 0 Å². The fourth-order valence-corrected chi connectivity index (χ4v) is 3.54. The van der Waals surface area contributed by atoms with Crippen LogP contribution in [-0.4, -0.2) is 34.1 Å². The van der Waals surface area contributed by atoms with Crippen molar-refractivity contribution in [1.29, 1.82) is 0 Å². The lowest BCUT2D eigenvalue weighted by Crippen LogP contribution is -2.40. The zero-order valence-electron chi connectivity index (χ0n) is 13.0. The third kappa shape index (κ3) is 3.38. The predicted octanol–water partition coefficient (Wildman–Crippen LogP) is 2.82. The number of benzene rings is 1. The lowest BCUT2D eigenvalue weighted by atomic mass is 9.93. The number of amides is 1. The van der Waals surface area contributed by atoms with Crippen molar-refractivity contribution in [3.8, 4) is 0 Å². The number of aromatic amines is 1. The molecule has 0 radical (unpaired) electrons. The molecule has 1 aliphatic carbocycles. The Morgan fingerprint density at radius 2 is 2.09 bits per heavy atom. The Labute approximate surface area is 131 Å². The van der Waals surface area contributed by atoms with Gasteiger partial charge in [-0.15, -0.1) is 0 Å². The summed E-state index contributed by atoms with van der Waals surface area (Å²) < 4.78 is 0. The van der Waals surface area contributed by atoms with Gasteiger partial charge in [-0.05, 0) is 36.8 Å². The average molecular weight is 297 g/mol. The molecule has 2 aromatic rings. The second-order valence-corrected chi connectivity index (χ2v) is 6.21. The summed E-state index contributed by atoms with van der Waals surface area (Å²) in [5.74, 6) is 0.743. The van der Waals surface area contributed by atoms with Gasteiger partial charge in [-0.2, -0.15) is 5.10 Å². The quantitative estimate of drug-likeness (QED) is 0.922. The topological polar surface area (TPSA) is 49.0 Å². The maximum atomic E-state index is 12.5. The van der Waals surface area contributed by atoms with Crippen LogP contribution in [0.25, 0.3) is 0 Å². The molecule has 22 heavy (non-hydrogen) atoms. The molecule has 4 heteroatoms. The number of nitrogens with zero attached hydrogens (tertiary/aromatic N) is 2. The Balaban J connectivity index is 1.63. The number of hydrogen-bond acceptors (Lipinski definition) is 2. The minimum absolute atomic E-state index is 0.175. The summed E-state index contributed by atoms with van der Waals surface area (Å²) in [6.45, 7) is 0. The smallest absolute Gasteiger partial charge is 0.228 e. The minimum Gasteiger partial charge on any atom is -0.342 e. The van der Waals surface area contributed by atoms with Gasteiger partial charge in [0.25, 0.3) is 0 Å². The molecular weight excluding hydrogens is 274 g/mol. The Kier molecular flexibility index (Phi) is 4.56. The lowest BCUT2D eigenvalue weighted by molar-refractivity contribution is -0.132. The zero-order valence-corrected chi connectivity index (χ0v) is 13.0. The summed E-state index contributed by atoms with van der Waals surface area (Å²) >= 11 is 0. The third-order valence-corrected chi connectivity index (χ3v) is 4.75. The van der Waals surface area contributed by atoms with Crippen LogP contribution >= 0.6 is 0 Å². The van der Waals surface area contributed by atoms with Gasteiger partial charge in [-0.25, -0.2) is 0 Å². The largest absolute Gasteiger partial charge is 0.342 e. The zero-order chi connectivity index (χ0) is 15.4. The molecule has 1 amide bonds. The van der Waals surface area contributed by atoms with Gasteiger partial charge in [-0.1, -0.05) is 36.8 Å². The number of hydrogen-bond donors (Lipinski definition) is 1. The van der Waals surface area contributed by atoms with Crippen LogP contribution in [0.5, 0.6) is 0 Å². The molecule has 1 aliphatic rings. The fraction of sp³-hybridized carbons (Fsp3) is 0.444. The average Bonchev–Trinajstić information content (AvgIpc) is 3.19. The summed E-state index contributed by atoms with van der Waals surface area (Å²) in [4.78, 5) is 14.4. The monoisotopic (exact) mass is 297 g/mol. The van der Waals surface area contributed by atoms with Crippen LogP contribution in [0.1, 0.15) is 30.5 Å². The molecule has 116 valence electrons. The standard InChI is InChI=1S/C18H23N3O/c1-21(18(22)13-16-10-11-19-20-16)17-9-5-8-15(17)12-14-6-3-2-4-7-14/h2-4,6-7,10-11,15,17H,5,8-9,12-13H2,1H3,(H,19,20)/t15-,17-/m0/s1. The first-order valence-electron chi connectivity index (χ1n) is 8.02. The number of nitrogens with one attached hydrogen (secondary N) is 1. The second kappa shape index (κ2) is 6.77. The Hall–Kier alpha value is -2.10. The summed E-state index contributed by atoms with van der Waals surface area (Å²) in [6.07, 6.45) is 6.70. The number of likely N-dealkylation sites (N-methyl/N-ethyl adjacent to an activating group) is 1. The van der Waals surface area contributed by atoms with E-state index >= 15 is 0 Å². The van der Waals surface area contributed by atoms with Gasteiger partial charge in [0.2, 0.25) is 5.91 Å². The van der Waals surface area contributed by atoms with E-state index < -0.39 is 0 Å². The highest BCUT2D eigenvalue weighted by Crippen LogP contribution is 2.32. The van der Waals surface area contributed by atoms with Crippen LogP contribution in [0.3, 0.4) is 0 Å². The summed E-state index contributed by atoms with van der Waals surface area (Å²) in [5, 5.41) is 6.77. The van der Waals surface area contributed by atoms with E-state index in [9.17, 15) is 4.79 Å². The molecule has 0 spiro atoms. The van der Waals surface area contributed by atoms with E-state index in [0.717, 1.165) is 18.5 Å². The van der Waals surface area contributed by atoms with Crippen LogP contribution < -0.4 is 0 Å². The summed E-state index contributed by atoms with van der Waals surface area (Å²) in [6, 6.07) is 12.8. The molecule has 4 nitrogen and oxygen atoms in total. The molecule has 1 saturated carbocycles. The van der Waals surface area contributed by atoms with Crippen molar-refractivity contribution >= 4 is 5.91 Å². The first-order valence-corrected chi connectivity index (χ1v) is 8.02. The van der Waals surface area contributed by atoms with E-state index in [0.29, 0.717) is 18.4 Å². The van der Waals surface area contributed by atoms with E-state index in [4.69, 9.17) is 0 Å². The van der Waals surface area contributed by atoms with Gasteiger partial charge in [-0.3, -0.25) is 9.89 Å². The van der Waals surface area contributed by atoms with Gasteiger partial charge in [0.1, 0.15) is 0 Å². The molecule has 0 bridgehead atoms. The van der Waals surface area contributed by atoms with E-state index in [2.05, 4.69) is 40.5 Å². The minimum atomic E-state index is 0.175. The van der Waals surface area contributed by atoms with Crippen LogP contribution in [-0.2, 0) is 17.6 Å². The molecule has 0 aliphatic heterocycles. The predicted molar refractivity (Wildman–Crippen MR) is 86.3 cm³/mol. The van der Waals surface area contributed by atoms with Gasteiger partial charge < -0.3 is 4.90 Å². The lowest BCUT2D eigenvalue weighted by Gasteiger charge is -2.30. The highest BCUT2D eigenvalue weighted by atomic mass is 16.2. The van der Waals surface area contributed by atoms with E-state index in [-0.39, 0.29) is 5.91 Å². The summed E-state index contributed by atoms with van der Waals surface area (Å²) in [7, 11) is 1.95. The van der Waals surface area contributed by atoms with Crippen LogP contribution in [0.2, 0.25) is 0 Å². The highest BCUT2D eigenvalue weighted by molar-refractivity contribution is 5.78. The molecular formula is C18H23N3O. The van der Waals surface area contributed by atoms with Crippen molar-refractivity contribution in [1.82, 2.24) is 15.1 Å². The number of H-pyrrole nitrogens is 1. The fourth-order valence-electron chi connectivity index (χ4n) is 3.54. The van der Waals surface area contributed by atoms with Crippen molar-refractivity contribution in [3.05, 3.63) is 53.9 Å². The molecule has 0 saturated heterocycles. The maximum Gasteiger partial charge on any atom is 0.228 e. The third-order valence-electron chi connectivity index (χ3n) is 4.75. The van der Waals surface area contributed by atoms with Crippen molar-refractivity contribution < 1.29 is 4.79 Å². The Morgan fingerprint density at radius 3 is 2.82 bits per heavy atom. The number of carbonyl (C=O) groups excluding carboxylic acids is 1. The first kappa shape index (κ1) is 14.8. The van der Waals surface area contributed by atoms with Gasteiger partial charge in [0.15, 0.2) is 0 Å². The SMILES string of the molecule is CN(C(=O)Cc1ccn[nH]1)[C@H]1CCC[C@H]1Cc1ccccc1. The number of carbonyl (C=O) groups is 1. The van der Waals surface area contributed by atoms with E-state index in [1.807, 2.05) is 18.0 Å². The van der Waals surface area contributed by atoms with Gasteiger partial charge in [0.05, 0.1) is 6.42 Å². The second-order valence-electron chi connectivity index (χ2n) is 6.21. The van der Waals surface area contributed by atoms with Crippen molar-refractivity contribution in [2.24, 2.45) is 5.92 Å². The van der Waals surface area contributed by atoms with E-state index in [1.54, 1.807) is 6.20 Å². The van der Waals surface area contributed by atoms with Crippen LogP contribution in [0, 0.1) is 5.92 Å². The molecule has 0 unspecified atom stereocenters. The highest BCUT2D eigenvalue weighted by Gasteiger charge is 2.32. The number of rotatable bonds is 5. The van der Waals surface area contributed by atoms with Crippen molar-refractivity contribution in [3.63, 3.8) is 0 Å². The molecule has 3 rings (SSSR count). The summed E-state index contributed by atoms with van der Waals surface area (Å²) in [5.41, 5.74) is 2.25. The number of aromatic nitrogens is 2. The molecule has 1 N–H and O–H groups in total. The van der Waals surface area contributed by atoms with Gasteiger partial charge in [0, 0.05) is 25.0 Å². The van der Waals surface area contributed by atoms with Crippen LogP contribution in [0.15, 0.2) is 42.6 Å². The molecule has 1 heterocycles. The molecule has 2 atom stereocenters. The van der Waals surface area contributed by atoms with E-state index in [1.165, 1.54) is 18.4 Å². The van der Waals surface area contributed by atoms with Crippen molar-refractivity contribution in [2.75, 3.05) is 7.05 Å². The molecule has 1 fully saturated rings.